The van der Waals surface area contributed by atoms with Crippen molar-refractivity contribution in [2.24, 2.45) is 0 Å². The van der Waals surface area contributed by atoms with E-state index in [0.717, 1.165) is 12.8 Å². The Kier molecular flexibility index (Phi) is 20.6. The molecule has 1 unspecified atom stereocenters. The predicted molar refractivity (Wildman–Crippen MR) is 164 cm³/mol. The number of nitrogens with one attached hydrogen (secondary N) is 1. The zero-order valence-corrected chi connectivity index (χ0v) is 27.4. The third kappa shape index (κ3) is 19.0. The fraction of sp³-hybridized carbons (Fsp3) is 0.967. The monoisotopic (exact) mass is 545 g/mol. The highest BCUT2D eigenvalue weighted by Crippen LogP contribution is 2.38. The van der Waals surface area contributed by atoms with Crippen LogP contribution in [0.5, 0.6) is 0 Å². The first-order valence-electron chi connectivity index (χ1n) is 15.1. The molecular weight excluding hydrogens is 482 g/mol. The number of carbonyl (C=O) groups excluding carboxylic acids is 1. The van der Waals surface area contributed by atoms with Gasteiger partial charge in [0.25, 0.3) is 0 Å². The van der Waals surface area contributed by atoms with E-state index >= 15 is 0 Å². The normalized spacial score (nSPS) is 14.0. The van der Waals surface area contributed by atoms with Crippen molar-refractivity contribution in [2.45, 2.75) is 160 Å². The topological polar surface area (TPSA) is 47.6 Å². The van der Waals surface area contributed by atoms with Crippen LogP contribution in [0, 0.1) is 0 Å². The number of rotatable bonds is 23. The molecule has 0 saturated heterocycles. The Morgan fingerprint density at radius 3 is 1.56 bits per heavy atom. The Morgan fingerprint density at radius 2 is 1.17 bits per heavy atom. The highest BCUT2D eigenvalue weighted by Gasteiger charge is 2.39. The fourth-order valence-corrected chi connectivity index (χ4v) is 5.47. The Hall–Kier alpha value is -0.203. The second-order valence-corrected chi connectivity index (χ2v) is 18.7. The van der Waals surface area contributed by atoms with Crippen LogP contribution in [0.25, 0.3) is 0 Å². The summed E-state index contributed by atoms with van der Waals surface area (Å²) in [6, 6.07) is 0. The lowest BCUT2D eigenvalue weighted by Gasteiger charge is -2.39. The molecule has 216 valence electrons. The van der Waals surface area contributed by atoms with Crippen LogP contribution in [0.1, 0.15) is 137 Å². The van der Waals surface area contributed by atoms with Crippen LogP contribution in [-0.2, 0) is 9.16 Å². The molecule has 1 N–H and O–H groups in total. The van der Waals surface area contributed by atoms with Gasteiger partial charge in [0.15, 0.2) is 8.32 Å². The highest BCUT2D eigenvalue weighted by molar-refractivity contribution is 8.00. The lowest BCUT2D eigenvalue weighted by atomic mass is 10.0. The summed E-state index contributed by atoms with van der Waals surface area (Å²) in [6.07, 6.45) is 23.3. The summed E-state index contributed by atoms with van der Waals surface area (Å²) in [7, 11) is -1.80. The van der Waals surface area contributed by atoms with Crippen molar-refractivity contribution in [1.82, 2.24) is 5.32 Å². The molecule has 0 saturated carbocycles. The summed E-state index contributed by atoms with van der Waals surface area (Å²) >= 11 is 1.74. The summed E-state index contributed by atoms with van der Waals surface area (Å²) in [5, 5.41) is 3.14. The molecule has 0 aromatic rings. The molecule has 1 amide bonds. The van der Waals surface area contributed by atoms with Crippen LogP contribution in [-0.4, -0.2) is 45.2 Å². The van der Waals surface area contributed by atoms with E-state index in [1.54, 1.807) is 11.8 Å². The first-order valence-corrected chi connectivity index (χ1v) is 19.2. The van der Waals surface area contributed by atoms with Gasteiger partial charge in [0.2, 0.25) is 0 Å². The molecule has 0 rings (SSSR count). The maximum absolute atomic E-state index is 12.2. The van der Waals surface area contributed by atoms with E-state index in [9.17, 15) is 4.79 Å². The second kappa shape index (κ2) is 20.7. The second-order valence-electron chi connectivity index (χ2n) is 12.5. The van der Waals surface area contributed by atoms with E-state index in [-0.39, 0.29) is 15.9 Å². The van der Waals surface area contributed by atoms with Gasteiger partial charge in [0.1, 0.15) is 0 Å². The number of thioether (sulfide) groups is 1. The van der Waals surface area contributed by atoms with Crippen LogP contribution in [0.2, 0.25) is 18.1 Å². The molecule has 0 spiro atoms. The standard InChI is InChI=1S/C30H63NO3SSi/c1-9-10-11-12-13-14-15-16-17-18-19-20-21-22-23-24-25-33-28(32)31-26-30(5,35-6)27-34-36(7,8)29(2,3)4/h9-27H2,1-8H3,(H,31,32). The van der Waals surface area contributed by atoms with Crippen molar-refractivity contribution >= 4 is 26.2 Å². The Balaban J connectivity index is 3.65. The van der Waals surface area contributed by atoms with Gasteiger partial charge in [-0.2, -0.15) is 11.8 Å². The summed E-state index contributed by atoms with van der Waals surface area (Å²) < 4.78 is 11.7. The van der Waals surface area contributed by atoms with Crippen molar-refractivity contribution < 1.29 is 14.0 Å². The zero-order chi connectivity index (χ0) is 27.3. The minimum absolute atomic E-state index is 0.150. The molecule has 1 atom stereocenters. The van der Waals surface area contributed by atoms with Crippen molar-refractivity contribution in [3.8, 4) is 0 Å². The van der Waals surface area contributed by atoms with Crippen molar-refractivity contribution in [3.63, 3.8) is 0 Å². The van der Waals surface area contributed by atoms with E-state index in [4.69, 9.17) is 9.16 Å². The van der Waals surface area contributed by atoms with E-state index in [0.29, 0.717) is 19.8 Å². The van der Waals surface area contributed by atoms with Gasteiger partial charge in [-0.25, -0.2) is 4.79 Å². The summed E-state index contributed by atoms with van der Waals surface area (Å²) in [4.78, 5) is 12.2. The van der Waals surface area contributed by atoms with E-state index in [2.05, 4.69) is 59.3 Å². The molecule has 0 aliphatic carbocycles. The summed E-state index contributed by atoms with van der Waals surface area (Å²) in [6.45, 7) is 17.5. The zero-order valence-electron chi connectivity index (χ0n) is 25.6. The molecule has 0 aliphatic heterocycles. The van der Waals surface area contributed by atoms with Crippen LogP contribution in [0.15, 0.2) is 0 Å². The molecule has 0 aliphatic rings. The molecule has 0 heterocycles. The average molecular weight is 546 g/mol. The van der Waals surface area contributed by atoms with Crippen LogP contribution < -0.4 is 5.32 Å². The van der Waals surface area contributed by atoms with Gasteiger partial charge in [-0.1, -0.05) is 124 Å². The van der Waals surface area contributed by atoms with Gasteiger partial charge in [-0.15, -0.1) is 0 Å². The molecule has 6 heteroatoms. The van der Waals surface area contributed by atoms with Gasteiger partial charge in [-0.3, -0.25) is 0 Å². The highest BCUT2D eigenvalue weighted by atomic mass is 32.2. The molecule has 36 heavy (non-hydrogen) atoms. The first-order chi connectivity index (χ1) is 17.0. The van der Waals surface area contributed by atoms with Gasteiger partial charge < -0.3 is 14.5 Å². The van der Waals surface area contributed by atoms with Crippen LogP contribution in [0.4, 0.5) is 4.79 Å². The van der Waals surface area contributed by atoms with E-state index < -0.39 is 8.32 Å². The smallest absolute Gasteiger partial charge is 0.407 e. The number of alkyl carbamates (subject to hydrolysis) is 1. The third-order valence-electron chi connectivity index (χ3n) is 7.88. The van der Waals surface area contributed by atoms with Gasteiger partial charge in [-0.05, 0) is 37.7 Å². The number of hydrogen-bond acceptors (Lipinski definition) is 4. The summed E-state index contributed by atoms with van der Waals surface area (Å²) in [5.41, 5.74) is 0. The molecule has 0 radical (unpaired) electrons. The molecule has 0 bridgehead atoms. The van der Waals surface area contributed by atoms with Crippen LogP contribution in [0.3, 0.4) is 0 Å². The fourth-order valence-electron chi connectivity index (χ4n) is 3.86. The minimum Gasteiger partial charge on any atom is -0.450 e. The average Bonchev–Trinajstić information content (AvgIpc) is 2.82. The van der Waals surface area contributed by atoms with Gasteiger partial charge >= 0.3 is 6.09 Å². The SMILES string of the molecule is CCCCCCCCCCCCCCCCCCOC(=O)NCC(C)(CO[Si](C)(C)C(C)(C)C)SC. The molecule has 0 aromatic heterocycles. The van der Waals surface area contributed by atoms with Crippen molar-refractivity contribution in [1.29, 1.82) is 0 Å². The number of amides is 1. The van der Waals surface area contributed by atoms with E-state index in [1.807, 2.05) is 0 Å². The Morgan fingerprint density at radius 1 is 0.750 bits per heavy atom. The maximum Gasteiger partial charge on any atom is 0.407 e. The minimum atomic E-state index is -1.80. The molecule has 4 nitrogen and oxygen atoms in total. The lowest BCUT2D eigenvalue weighted by Crippen LogP contribution is -2.48. The largest absolute Gasteiger partial charge is 0.450 e. The number of unbranched alkanes of at least 4 members (excludes halogenated alkanes) is 15. The molecule has 0 aromatic carbocycles. The number of carbonyl (C=O) groups is 1. The lowest BCUT2D eigenvalue weighted by molar-refractivity contribution is 0.141. The number of ether oxygens (including phenoxy) is 1. The predicted octanol–water partition coefficient (Wildman–Crippen LogP) is 10.1. The van der Waals surface area contributed by atoms with Gasteiger partial charge in [0, 0.05) is 6.54 Å². The maximum atomic E-state index is 12.2. The Bertz CT molecular complexity index is 539. The van der Waals surface area contributed by atoms with Crippen molar-refractivity contribution in [2.75, 3.05) is 26.0 Å². The number of hydrogen-bond donors (Lipinski definition) is 1. The van der Waals surface area contributed by atoms with Crippen LogP contribution >= 0.6 is 11.8 Å². The van der Waals surface area contributed by atoms with Crippen molar-refractivity contribution in [3.05, 3.63) is 0 Å². The van der Waals surface area contributed by atoms with E-state index in [1.165, 1.54) is 89.9 Å². The van der Waals surface area contributed by atoms with Gasteiger partial charge in [0.05, 0.1) is 18.0 Å². The molecule has 0 fully saturated rings. The Labute approximate surface area is 231 Å². The quantitative estimate of drug-likeness (QED) is 0.102. The third-order valence-corrected chi connectivity index (χ3v) is 13.6. The first kappa shape index (κ1) is 35.8. The summed E-state index contributed by atoms with van der Waals surface area (Å²) in [5.74, 6) is 0. The molecular formula is C30H63NO3SSi.